The Kier molecular flexibility index (Phi) is 13.1. The summed E-state index contributed by atoms with van der Waals surface area (Å²) in [5, 5.41) is 5.88. The van der Waals surface area contributed by atoms with Gasteiger partial charge in [-0.2, -0.15) is 0 Å². The summed E-state index contributed by atoms with van der Waals surface area (Å²) < 4.78 is 17.0. The number of carbonyl (C=O) groups excluding carboxylic acids is 1. The molecule has 1 atom stereocenters. The van der Waals surface area contributed by atoms with Crippen LogP contribution in [-0.4, -0.2) is 67.1 Å². The van der Waals surface area contributed by atoms with Crippen molar-refractivity contribution in [2.75, 3.05) is 40.4 Å². The maximum atomic E-state index is 12.9. The predicted octanol–water partition coefficient (Wildman–Crippen LogP) is 6.98. The molecule has 2 heterocycles. The fraction of sp³-hybridized carbons (Fsp3) is 0.421. The summed E-state index contributed by atoms with van der Waals surface area (Å²) in [6.07, 6.45) is 5.65. The topological polar surface area (TPSA) is 76.2 Å². The lowest BCUT2D eigenvalue weighted by Gasteiger charge is -2.33. The molecule has 1 aliphatic heterocycles. The minimum absolute atomic E-state index is 0.0952. The second kappa shape index (κ2) is 17.8. The van der Waals surface area contributed by atoms with E-state index < -0.39 is 0 Å². The zero-order chi connectivity index (χ0) is 32.8. The van der Waals surface area contributed by atoms with Crippen molar-refractivity contribution in [1.82, 2.24) is 20.1 Å². The molecule has 1 amide bonds. The first-order valence-electron chi connectivity index (χ1n) is 16.7. The summed E-state index contributed by atoms with van der Waals surface area (Å²) in [6.45, 7) is 7.89. The Hall–Kier alpha value is -3.92. The van der Waals surface area contributed by atoms with Crippen molar-refractivity contribution < 1.29 is 19.0 Å². The Bertz CT molecular complexity index is 1530. The van der Waals surface area contributed by atoms with Gasteiger partial charge in [0, 0.05) is 37.6 Å². The number of methoxy groups -OCH3 is 2. The van der Waals surface area contributed by atoms with Crippen LogP contribution in [0.4, 0.5) is 0 Å². The summed E-state index contributed by atoms with van der Waals surface area (Å²) in [4.78, 5) is 22.6. The second-order valence-corrected chi connectivity index (χ2v) is 13.1. The molecule has 1 saturated heterocycles. The highest BCUT2D eigenvalue weighted by Gasteiger charge is 2.18. The molecule has 9 heteroatoms. The highest BCUT2D eigenvalue weighted by atomic mass is 32.1. The summed E-state index contributed by atoms with van der Waals surface area (Å²) in [5.41, 5.74) is 3.98. The normalized spacial score (nSPS) is 15.0. The fourth-order valence-electron chi connectivity index (χ4n) is 5.97. The molecular weight excluding hydrogens is 609 g/mol. The Morgan fingerprint density at radius 1 is 0.957 bits per heavy atom. The zero-order valence-electron chi connectivity index (χ0n) is 28.0. The first-order chi connectivity index (χ1) is 23.0. The van der Waals surface area contributed by atoms with Gasteiger partial charge < -0.3 is 24.4 Å². The van der Waals surface area contributed by atoms with E-state index in [9.17, 15) is 4.79 Å². The van der Waals surface area contributed by atoms with Gasteiger partial charge in [0.25, 0.3) is 5.91 Å². The monoisotopic (exact) mass is 656 g/mol. The summed E-state index contributed by atoms with van der Waals surface area (Å²) in [6, 6.07) is 25.2. The van der Waals surface area contributed by atoms with Crippen molar-refractivity contribution in [3.05, 3.63) is 106 Å². The number of hydrogen-bond donors (Lipinski definition) is 1. The van der Waals surface area contributed by atoms with Crippen molar-refractivity contribution in [3.8, 4) is 17.2 Å². The third-order valence-corrected chi connectivity index (χ3v) is 9.57. The largest absolute Gasteiger partial charge is 0.493 e. The number of piperidine rings is 1. The Balaban J connectivity index is 1.19. The van der Waals surface area contributed by atoms with Gasteiger partial charge in [-0.05, 0) is 80.1 Å². The molecule has 1 aliphatic rings. The molecule has 0 saturated carbocycles. The van der Waals surface area contributed by atoms with Crippen LogP contribution < -0.4 is 19.5 Å². The third kappa shape index (κ3) is 10.5. The SMILES string of the molecule is COc1ccc(CCN(Cc2ccc(OCc3ccccc3)cc2)Cc2nc(C(=O)NCCCN3CCCCC3C)cs2)cc1OC. The average molecular weight is 657 g/mol. The van der Waals surface area contributed by atoms with Gasteiger partial charge in [-0.1, -0.05) is 55.0 Å². The molecule has 0 radical (unpaired) electrons. The van der Waals surface area contributed by atoms with Crippen LogP contribution >= 0.6 is 11.3 Å². The van der Waals surface area contributed by atoms with Crippen LogP contribution in [0.5, 0.6) is 17.2 Å². The highest BCUT2D eigenvalue weighted by Crippen LogP contribution is 2.28. The maximum absolute atomic E-state index is 12.9. The minimum atomic E-state index is -0.0952. The summed E-state index contributed by atoms with van der Waals surface area (Å²) in [7, 11) is 3.31. The van der Waals surface area contributed by atoms with Crippen molar-refractivity contribution in [2.24, 2.45) is 0 Å². The van der Waals surface area contributed by atoms with E-state index in [1.807, 2.05) is 47.8 Å². The van der Waals surface area contributed by atoms with Gasteiger partial charge in [-0.15, -0.1) is 11.3 Å². The number of aromatic nitrogens is 1. The van der Waals surface area contributed by atoms with Gasteiger partial charge in [-0.25, -0.2) is 4.98 Å². The van der Waals surface area contributed by atoms with E-state index in [1.54, 1.807) is 25.6 Å². The van der Waals surface area contributed by atoms with E-state index in [4.69, 9.17) is 19.2 Å². The lowest BCUT2D eigenvalue weighted by atomic mass is 10.0. The Labute approximate surface area is 283 Å². The molecule has 8 nitrogen and oxygen atoms in total. The lowest BCUT2D eigenvalue weighted by molar-refractivity contribution is 0.0944. The number of nitrogens with one attached hydrogen (secondary N) is 1. The Morgan fingerprint density at radius 3 is 2.51 bits per heavy atom. The molecule has 4 aromatic rings. The van der Waals surface area contributed by atoms with Crippen molar-refractivity contribution in [2.45, 2.75) is 64.8 Å². The number of benzene rings is 3. The standard InChI is InChI=1S/C38H48N4O4S/c1-29-10-7-8-21-42(29)22-9-20-39-38(43)34-28-47-37(40-34)26-41(23-19-30-15-18-35(44-2)36(24-30)45-3)25-31-13-16-33(17-14-31)46-27-32-11-5-4-6-12-32/h4-6,11-18,24,28-29H,7-10,19-23,25-27H2,1-3H3,(H,39,43). The van der Waals surface area contributed by atoms with Gasteiger partial charge in [0.2, 0.25) is 0 Å². The van der Waals surface area contributed by atoms with E-state index in [-0.39, 0.29) is 5.91 Å². The summed E-state index contributed by atoms with van der Waals surface area (Å²) in [5.74, 6) is 2.19. The Morgan fingerprint density at radius 2 is 1.74 bits per heavy atom. The van der Waals surface area contributed by atoms with E-state index in [0.717, 1.165) is 65.9 Å². The maximum Gasteiger partial charge on any atom is 0.270 e. The van der Waals surface area contributed by atoms with Crippen LogP contribution in [0.1, 0.15) is 64.8 Å². The molecule has 1 unspecified atom stereocenters. The number of nitrogens with zero attached hydrogens (tertiary/aromatic N) is 3. The van der Waals surface area contributed by atoms with Gasteiger partial charge in [-0.3, -0.25) is 9.69 Å². The molecule has 1 N–H and O–H groups in total. The molecule has 250 valence electrons. The van der Waals surface area contributed by atoms with Crippen molar-refractivity contribution in [3.63, 3.8) is 0 Å². The number of rotatable bonds is 17. The van der Waals surface area contributed by atoms with Gasteiger partial charge in [0.1, 0.15) is 23.1 Å². The predicted molar refractivity (Wildman–Crippen MR) is 189 cm³/mol. The first-order valence-corrected chi connectivity index (χ1v) is 17.5. The lowest BCUT2D eigenvalue weighted by Crippen LogP contribution is -2.39. The van der Waals surface area contributed by atoms with Crippen LogP contribution in [-0.2, 0) is 26.1 Å². The molecular formula is C38H48N4O4S. The first kappa shape index (κ1) is 34.4. The smallest absolute Gasteiger partial charge is 0.270 e. The van der Waals surface area contributed by atoms with Gasteiger partial charge in [0.15, 0.2) is 11.5 Å². The number of likely N-dealkylation sites (tertiary alicyclic amines) is 1. The molecule has 1 fully saturated rings. The van der Waals surface area contributed by atoms with Crippen LogP contribution in [0.25, 0.3) is 0 Å². The molecule has 0 spiro atoms. The molecule has 47 heavy (non-hydrogen) atoms. The van der Waals surface area contributed by atoms with E-state index >= 15 is 0 Å². The van der Waals surface area contributed by atoms with Gasteiger partial charge in [0.05, 0.1) is 20.8 Å². The highest BCUT2D eigenvalue weighted by molar-refractivity contribution is 7.09. The molecule has 1 aromatic heterocycles. The van der Waals surface area contributed by atoms with E-state index in [1.165, 1.54) is 31.4 Å². The minimum Gasteiger partial charge on any atom is -0.493 e. The van der Waals surface area contributed by atoms with Crippen LogP contribution in [0.3, 0.4) is 0 Å². The average Bonchev–Trinajstić information content (AvgIpc) is 3.58. The zero-order valence-corrected chi connectivity index (χ0v) is 28.8. The van der Waals surface area contributed by atoms with Crippen LogP contribution in [0, 0.1) is 0 Å². The molecule has 3 aromatic carbocycles. The van der Waals surface area contributed by atoms with Crippen molar-refractivity contribution in [1.29, 1.82) is 0 Å². The molecule has 0 bridgehead atoms. The number of amides is 1. The van der Waals surface area contributed by atoms with E-state index in [2.05, 4.69) is 52.4 Å². The molecule has 5 rings (SSSR count). The number of hydrogen-bond acceptors (Lipinski definition) is 8. The quantitative estimate of drug-likeness (QED) is 0.123. The number of ether oxygens (including phenoxy) is 3. The van der Waals surface area contributed by atoms with E-state index in [0.29, 0.717) is 31.4 Å². The third-order valence-electron chi connectivity index (χ3n) is 8.73. The van der Waals surface area contributed by atoms with Crippen LogP contribution in [0.2, 0.25) is 0 Å². The summed E-state index contributed by atoms with van der Waals surface area (Å²) >= 11 is 1.54. The number of thiazole rings is 1. The van der Waals surface area contributed by atoms with Crippen molar-refractivity contribution >= 4 is 17.2 Å². The number of carbonyl (C=O) groups is 1. The van der Waals surface area contributed by atoms with Gasteiger partial charge >= 0.3 is 0 Å². The van der Waals surface area contributed by atoms with Crippen LogP contribution in [0.15, 0.2) is 78.2 Å². The molecule has 0 aliphatic carbocycles. The second-order valence-electron chi connectivity index (χ2n) is 12.2. The fourth-order valence-corrected chi connectivity index (χ4v) is 6.79.